The summed E-state index contributed by atoms with van der Waals surface area (Å²) in [6.45, 7) is 3.84. The van der Waals surface area contributed by atoms with Gasteiger partial charge in [-0.05, 0) is 26.0 Å². The maximum Gasteiger partial charge on any atom is 0.128 e. The molecule has 0 heterocycles. The van der Waals surface area contributed by atoms with Crippen molar-refractivity contribution in [3.8, 4) is 5.75 Å². The minimum atomic E-state index is -0.0391. The van der Waals surface area contributed by atoms with Crippen molar-refractivity contribution in [2.75, 3.05) is 13.2 Å². The number of ether oxygens (including phenoxy) is 1. The molecule has 0 unspecified atom stereocenters. The van der Waals surface area contributed by atoms with Gasteiger partial charge in [0.05, 0.1) is 12.3 Å². The van der Waals surface area contributed by atoms with Gasteiger partial charge in [-0.3, -0.25) is 0 Å². The molecule has 15 heavy (non-hydrogen) atoms. The Morgan fingerprint density at radius 2 is 2.20 bits per heavy atom. The Labute approximate surface area is 88.8 Å². The van der Waals surface area contributed by atoms with Crippen LogP contribution >= 0.6 is 0 Å². The number of rotatable bonds is 4. The van der Waals surface area contributed by atoms with Crippen LogP contribution in [0.3, 0.4) is 0 Å². The first-order valence-corrected chi connectivity index (χ1v) is 4.72. The van der Waals surface area contributed by atoms with Gasteiger partial charge >= 0.3 is 0 Å². The Balaban J connectivity index is 3.03. The molecule has 0 aliphatic rings. The number of aliphatic hydroxyl groups is 1. The molecular formula is C11H15NO3. The van der Waals surface area contributed by atoms with Gasteiger partial charge < -0.3 is 15.1 Å². The topological polar surface area (TPSA) is 62.1 Å². The summed E-state index contributed by atoms with van der Waals surface area (Å²) in [6, 6.07) is 5.58. The SMILES string of the molecule is C/C(=N\O)c1cc(C)ccc1OCCO. The van der Waals surface area contributed by atoms with Crippen molar-refractivity contribution in [1.82, 2.24) is 0 Å². The number of hydrogen-bond acceptors (Lipinski definition) is 4. The van der Waals surface area contributed by atoms with Crippen LogP contribution < -0.4 is 4.74 Å². The van der Waals surface area contributed by atoms with E-state index in [0.717, 1.165) is 11.1 Å². The van der Waals surface area contributed by atoms with E-state index in [4.69, 9.17) is 15.1 Å². The van der Waals surface area contributed by atoms with Crippen molar-refractivity contribution in [2.24, 2.45) is 5.16 Å². The fraction of sp³-hybridized carbons (Fsp3) is 0.364. The van der Waals surface area contributed by atoms with Gasteiger partial charge in [-0.1, -0.05) is 16.8 Å². The highest BCUT2D eigenvalue weighted by atomic mass is 16.5. The zero-order valence-corrected chi connectivity index (χ0v) is 8.90. The van der Waals surface area contributed by atoms with Crippen molar-refractivity contribution >= 4 is 5.71 Å². The molecule has 0 aromatic heterocycles. The first kappa shape index (κ1) is 11.5. The molecule has 4 heteroatoms. The summed E-state index contributed by atoms with van der Waals surface area (Å²) in [6.07, 6.45) is 0. The minimum Gasteiger partial charge on any atom is -0.491 e. The second-order valence-corrected chi connectivity index (χ2v) is 3.26. The van der Waals surface area contributed by atoms with Crippen LogP contribution in [0.4, 0.5) is 0 Å². The molecule has 1 aromatic carbocycles. The molecule has 0 spiro atoms. The summed E-state index contributed by atoms with van der Waals surface area (Å²) in [4.78, 5) is 0. The van der Waals surface area contributed by atoms with Gasteiger partial charge in [-0.25, -0.2) is 0 Å². The molecule has 0 atom stereocenters. The summed E-state index contributed by atoms with van der Waals surface area (Å²) in [7, 11) is 0. The molecule has 0 aliphatic heterocycles. The Morgan fingerprint density at radius 1 is 1.47 bits per heavy atom. The highest BCUT2D eigenvalue weighted by Gasteiger charge is 2.07. The monoisotopic (exact) mass is 209 g/mol. The van der Waals surface area contributed by atoms with Crippen LogP contribution in [0.5, 0.6) is 5.75 Å². The Kier molecular flexibility index (Phi) is 4.12. The summed E-state index contributed by atoms with van der Waals surface area (Å²) in [5.74, 6) is 0.616. The molecular weight excluding hydrogens is 194 g/mol. The summed E-state index contributed by atoms with van der Waals surface area (Å²) < 4.78 is 5.32. The standard InChI is InChI=1S/C11H15NO3/c1-8-3-4-11(15-6-5-13)10(7-8)9(2)12-14/h3-4,7,13-14H,5-6H2,1-2H3/b12-9+. The third kappa shape index (κ3) is 2.95. The maximum atomic E-state index is 8.71. The number of nitrogens with zero attached hydrogens (tertiary/aromatic N) is 1. The second-order valence-electron chi connectivity index (χ2n) is 3.26. The largest absolute Gasteiger partial charge is 0.491 e. The van der Waals surface area contributed by atoms with Gasteiger partial charge in [0.25, 0.3) is 0 Å². The van der Waals surface area contributed by atoms with Crippen LogP contribution in [0.15, 0.2) is 23.4 Å². The van der Waals surface area contributed by atoms with Gasteiger partial charge in [-0.15, -0.1) is 0 Å². The first-order valence-electron chi connectivity index (χ1n) is 4.72. The normalized spacial score (nSPS) is 11.5. The quantitative estimate of drug-likeness (QED) is 0.449. The van der Waals surface area contributed by atoms with Crippen LogP contribution in [0, 0.1) is 6.92 Å². The zero-order valence-electron chi connectivity index (χ0n) is 8.90. The Hall–Kier alpha value is -1.55. The van der Waals surface area contributed by atoms with Crippen molar-refractivity contribution in [1.29, 1.82) is 0 Å². The lowest BCUT2D eigenvalue weighted by Crippen LogP contribution is -2.06. The third-order valence-electron chi connectivity index (χ3n) is 2.02. The van der Waals surface area contributed by atoms with Crippen LogP contribution in [0.1, 0.15) is 18.1 Å². The Bertz CT molecular complexity index is 361. The fourth-order valence-electron chi connectivity index (χ4n) is 1.26. The molecule has 0 saturated carbocycles. The van der Waals surface area contributed by atoms with E-state index in [0.29, 0.717) is 11.5 Å². The fourth-order valence-corrected chi connectivity index (χ4v) is 1.26. The molecule has 0 aliphatic carbocycles. The van der Waals surface area contributed by atoms with Crippen LogP contribution in [-0.2, 0) is 0 Å². The van der Waals surface area contributed by atoms with Gasteiger partial charge in [0.15, 0.2) is 0 Å². The average Bonchev–Trinajstić information content (AvgIpc) is 2.26. The van der Waals surface area contributed by atoms with Crippen molar-refractivity contribution in [3.63, 3.8) is 0 Å². The van der Waals surface area contributed by atoms with Crippen molar-refractivity contribution in [3.05, 3.63) is 29.3 Å². The van der Waals surface area contributed by atoms with Crippen LogP contribution in [0.25, 0.3) is 0 Å². The highest BCUT2D eigenvalue weighted by molar-refractivity contribution is 6.00. The van der Waals surface area contributed by atoms with E-state index >= 15 is 0 Å². The summed E-state index contributed by atoms with van der Waals surface area (Å²) in [5.41, 5.74) is 2.29. The summed E-state index contributed by atoms with van der Waals surface area (Å²) >= 11 is 0. The zero-order chi connectivity index (χ0) is 11.3. The second kappa shape index (κ2) is 5.36. The molecule has 0 saturated heterocycles. The highest BCUT2D eigenvalue weighted by Crippen LogP contribution is 2.20. The molecule has 1 rings (SSSR count). The van der Waals surface area contributed by atoms with E-state index in [1.54, 1.807) is 13.0 Å². The molecule has 0 radical (unpaired) electrons. The molecule has 0 amide bonds. The number of aryl methyl sites for hydroxylation is 1. The summed E-state index contributed by atoms with van der Waals surface area (Å²) in [5, 5.41) is 20.5. The Morgan fingerprint density at radius 3 is 2.80 bits per heavy atom. The van der Waals surface area contributed by atoms with Gasteiger partial charge in [0, 0.05) is 5.56 Å². The molecule has 0 bridgehead atoms. The number of aliphatic hydroxyl groups excluding tert-OH is 1. The van der Waals surface area contributed by atoms with E-state index < -0.39 is 0 Å². The van der Waals surface area contributed by atoms with E-state index in [-0.39, 0.29) is 13.2 Å². The van der Waals surface area contributed by atoms with E-state index in [2.05, 4.69) is 5.16 Å². The van der Waals surface area contributed by atoms with Gasteiger partial charge in [0.2, 0.25) is 0 Å². The predicted octanol–water partition coefficient (Wildman–Crippen LogP) is 1.56. The number of hydrogen-bond donors (Lipinski definition) is 2. The van der Waals surface area contributed by atoms with Crippen LogP contribution in [-0.4, -0.2) is 29.2 Å². The van der Waals surface area contributed by atoms with Crippen molar-refractivity contribution < 1.29 is 15.1 Å². The van der Waals surface area contributed by atoms with E-state index in [1.807, 2.05) is 19.1 Å². The predicted molar refractivity (Wildman–Crippen MR) is 57.8 cm³/mol. The average molecular weight is 209 g/mol. The van der Waals surface area contributed by atoms with Crippen LogP contribution in [0.2, 0.25) is 0 Å². The first-order chi connectivity index (χ1) is 7.19. The molecule has 4 nitrogen and oxygen atoms in total. The number of oxime groups is 1. The molecule has 1 aromatic rings. The molecule has 0 fully saturated rings. The molecule has 82 valence electrons. The lowest BCUT2D eigenvalue weighted by Gasteiger charge is -2.10. The lowest BCUT2D eigenvalue weighted by atomic mass is 10.1. The third-order valence-corrected chi connectivity index (χ3v) is 2.02. The van der Waals surface area contributed by atoms with Gasteiger partial charge in [0.1, 0.15) is 12.4 Å². The van der Waals surface area contributed by atoms with E-state index in [1.165, 1.54) is 0 Å². The van der Waals surface area contributed by atoms with E-state index in [9.17, 15) is 0 Å². The maximum absolute atomic E-state index is 8.71. The lowest BCUT2D eigenvalue weighted by molar-refractivity contribution is 0.201. The molecule has 2 N–H and O–H groups in total. The van der Waals surface area contributed by atoms with Gasteiger partial charge in [-0.2, -0.15) is 0 Å². The van der Waals surface area contributed by atoms with Crippen molar-refractivity contribution in [2.45, 2.75) is 13.8 Å². The number of benzene rings is 1. The smallest absolute Gasteiger partial charge is 0.128 e. The minimum absolute atomic E-state index is 0.0391.